The number of quaternary nitrogens is 1. The Morgan fingerprint density at radius 1 is 0.508 bits per heavy atom. The van der Waals surface area contributed by atoms with Crippen molar-refractivity contribution in [2.75, 3.05) is 47.5 Å². The van der Waals surface area contributed by atoms with Crippen molar-refractivity contribution in [1.29, 1.82) is 0 Å². The van der Waals surface area contributed by atoms with Crippen molar-refractivity contribution in [1.82, 2.24) is 0 Å². The molecule has 0 aliphatic heterocycles. The van der Waals surface area contributed by atoms with Crippen LogP contribution in [0.4, 0.5) is 0 Å². The molecule has 0 amide bonds. The van der Waals surface area contributed by atoms with E-state index in [1.807, 2.05) is 21.1 Å². The fourth-order valence-corrected chi connectivity index (χ4v) is 7.96. The summed E-state index contributed by atoms with van der Waals surface area (Å²) < 4.78 is 34.4. The Morgan fingerprint density at radius 3 is 1.30 bits per heavy atom. The number of phosphoric acid groups is 1. The van der Waals surface area contributed by atoms with Crippen LogP contribution in [0.15, 0.2) is 24.3 Å². The Kier molecular flexibility index (Phi) is 42.6. The number of ether oxygens (including phenoxy) is 2. The third-order valence-electron chi connectivity index (χ3n) is 11.2. The van der Waals surface area contributed by atoms with Gasteiger partial charge in [0, 0.05) is 12.8 Å². The van der Waals surface area contributed by atoms with Crippen LogP contribution in [-0.2, 0) is 32.7 Å². The third-order valence-corrected chi connectivity index (χ3v) is 12.2. The second-order valence-corrected chi connectivity index (χ2v) is 20.0. The van der Waals surface area contributed by atoms with Gasteiger partial charge in [-0.3, -0.25) is 18.6 Å². The second kappa shape index (κ2) is 43.7. The molecule has 0 spiro atoms. The van der Waals surface area contributed by atoms with Crippen molar-refractivity contribution in [3.8, 4) is 0 Å². The van der Waals surface area contributed by atoms with Crippen LogP contribution in [0.2, 0.25) is 0 Å². The summed E-state index contributed by atoms with van der Waals surface area (Å²) in [6.45, 7) is 4.43. The van der Waals surface area contributed by atoms with Crippen LogP contribution in [0.1, 0.15) is 239 Å². The number of carbonyl (C=O) groups is 2. The lowest BCUT2D eigenvalue weighted by Crippen LogP contribution is -2.37. The molecule has 2 unspecified atom stereocenters. The van der Waals surface area contributed by atoms with E-state index < -0.39 is 26.5 Å². The molecule has 0 fully saturated rings. The highest BCUT2D eigenvalue weighted by atomic mass is 31.2. The molecule has 0 heterocycles. The summed E-state index contributed by atoms with van der Waals surface area (Å²) in [6.07, 6.45) is 49.6. The van der Waals surface area contributed by atoms with Gasteiger partial charge in [0.25, 0.3) is 0 Å². The highest BCUT2D eigenvalue weighted by Gasteiger charge is 2.27. The molecule has 0 aromatic rings. The van der Waals surface area contributed by atoms with Gasteiger partial charge in [0.15, 0.2) is 6.10 Å². The minimum atomic E-state index is -4.37. The molecule has 10 heteroatoms. The summed E-state index contributed by atoms with van der Waals surface area (Å²) >= 11 is 0. The predicted molar refractivity (Wildman–Crippen MR) is 257 cm³/mol. The minimum absolute atomic E-state index is 0.0343. The van der Waals surface area contributed by atoms with E-state index in [2.05, 4.69) is 38.2 Å². The quantitative estimate of drug-likeness (QED) is 0.0212. The van der Waals surface area contributed by atoms with Gasteiger partial charge in [-0.05, 0) is 44.9 Å². The fourth-order valence-electron chi connectivity index (χ4n) is 7.22. The SMILES string of the molecule is CCCCCCC/C=C\C/C=C\CCCCCCCCCCCCCCCCCC(=O)OC(COC(=O)CCCCCCCCCCCC)COP(=O)(O)OCC[N+](C)(C)C. The van der Waals surface area contributed by atoms with Crippen LogP contribution in [0.5, 0.6) is 0 Å². The molecule has 61 heavy (non-hydrogen) atoms. The summed E-state index contributed by atoms with van der Waals surface area (Å²) in [7, 11) is 1.49. The standard InChI is InChI=1S/C51H98NO8P/c1-6-8-10-12-14-16-18-19-20-21-22-23-24-25-26-27-28-29-30-31-32-33-34-36-38-40-42-44-51(54)60-49(48-59-61(55,56)58-46-45-52(3,4)5)47-57-50(53)43-41-39-37-35-17-15-13-11-9-7-2/h18-19,21-22,49H,6-17,20,23-48H2,1-5H3/p+1/b19-18-,22-21-. The molecule has 9 nitrogen and oxygen atoms in total. The molecule has 0 aromatic heterocycles. The highest BCUT2D eigenvalue weighted by Crippen LogP contribution is 2.43. The number of phosphoric ester groups is 1. The molecule has 2 atom stereocenters. The molecular formula is C51H99NO8P+. The van der Waals surface area contributed by atoms with Crippen molar-refractivity contribution in [3.63, 3.8) is 0 Å². The average Bonchev–Trinajstić information content (AvgIpc) is 3.21. The maximum atomic E-state index is 12.7. The van der Waals surface area contributed by atoms with Gasteiger partial charge in [-0.1, -0.05) is 205 Å². The van der Waals surface area contributed by atoms with Gasteiger partial charge < -0.3 is 18.9 Å². The molecule has 1 N–H and O–H groups in total. The van der Waals surface area contributed by atoms with Gasteiger partial charge in [-0.25, -0.2) is 4.57 Å². The van der Waals surface area contributed by atoms with E-state index in [4.69, 9.17) is 18.5 Å². The topological polar surface area (TPSA) is 108 Å². The first kappa shape index (κ1) is 59.5. The molecule has 0 rings (SSSR count). The molecule has 0 aliphatic carbocycles. The molecule has 0 saturated carbocycles. The van der Waals surface area contributed by atoms with Crippen LogP contribution in [0.25, 0.3) is 0 Å². The fraction of sp³-hybridized carbons (Fsp3) is 0.882. The number of esters is 2. The van der Waals surface area contributed by atoms with E-state index in [-0.39, 0.29) is 25.6 Å². The predicted octanol–water partition coefficient (Wildman–Crippen LogP) is 15.1. The summed E-state index contributed by atoms with van der Waals surface area (Å²) in [5.74, 6) is -0.790. The summed E-state index contributed by atoms with van der Waals surface area (Å²) in [6, 6.07) is 0. The van der Waals surface area contributed by atoms with E-state index in [9.17, 15) is 19.0 Å². The van der Waals surface area contributed by atoms with Gasteiger partial charge in [0.1, 0.15) is 19.8 Å². The van der Waals surface area contributed by atoms with Gasteiger partial charge >= 0.3 is 19.8 Å². The zero-order valence-electron chi connectivity index (χ0n) is 40.7. The zero-order valence-corrected chi connectivity index (χ0v) is 41.6. The van der Waals surface area contributed by atoms with Crippen LogP contribution in [0, 0.1) is 0 Å². The Bertz CT molecular complexity index is 1090. The number of likely N-dealkylation sites (N-methyl/N-ethyl adjacent to an activating group) is 1. The van der Waals surface area contributed by atoms with Crippen molar-refractivity contribution < 1.29 is 42.1 Å². The summed E-state index contributed by atoms with van der Waals surface area (Å²) in [5, 5.41) is 0. The largest absolute Gasteiger partial charge is 0.472 e. The molecule has 0 bridgehead atoms. The Labute approximate surface area is 377 Å². The van der Waals surface area contributed by atoms with Crippen LogP contribution >= 0.6 is 7.82 Å². The first-order valence-corrected chi connectivity index (χ1v) is 27.1. The maximum Gasteiger partial charge on any atom is 0.472 e. The number of allylic oxidation sites excluding steroid dienone is 4. The number of hydrogen-bond donors (Lipinski definition) is 1. The Balaban J connectivity index is 4.08. The number of nitrogens with zero attached hydrogens (tertiary/aromatic N) is 1. The molecular weight excluding hydrogens is 786 g/mol. The van der Waals surface area contributed by atoms with Gasteiger partial charge in [0.05, 0.1) is 27.7 Å². The van der Waals surface area contributed by atoms with Crippen molar-refractivity contribution in [2.45, 2.75) is 245 Å². The van der Waals surface area contributed by atoms with Crippen molar-refractivity contribution in [2.24, 2.45) is 0 Å². The number of rotatable bonds is 47. The minimum Gasteiger partial charge on any atom is -0.462 e. The number of unbranched alkanes of at least 4 members (excludes halogenated alkanes) is 29. The Morgan fingerprint density at radius 2 is 0.885 bits per heavy atom. The lowest BCUT2D eigenvalue weighted by molar-refractivity contribution is -0.870. The molecule has 0 radical (unpaired) electrons. The monoisotopic (exact) mass is 885 g/mol. The lowest BCUT2D eigenvalue weighted by Gasteiger charge is -2.24. The molecule has 0 aromatic carbocycles. The van der Waals surface area contributed by atoms with Gasteiger partial charge in [-0.15, -0.1) is 0 Å². The molecule has 0 aliphatic rings. The van der Waals surface area contributed by atoms with Crippen LogP contribution in [-0.4, -0.2) is 74.9 Å². The first-order valence-electron chi connectivity index (χ1n) is 25.6. The van der Waals surface area contributed by atoms with E-state index in [0.29, 0.717) is 23.9 Å². The average molecular weight is 885 g/mol. The van der Waals surface area contributed by atoms with E-state index in [1.165, 1.54) is 167 Å². The maximum absolute atomic E-state index is 12.7. The molecule has 0 saturated heterocycles. The number of carbonyl (C=O) groups excluding carboxylic acids is 2. The molecule has 360 valence electrons. The van der Waals surface area contributed by atoms with Crippen LogP contribution in [0.3, 0.4) is 0 Å². The normalized spacial score (nSPS) is 13.6. The van der Waals surface area contributed by atoms with Gasteiger partial charge in [-0.2, -0.15) is 0 Å². The zero-order chi connectivity index (χ0) is 45.0. The Hall–Kier alpha value is -1.51. The lowest BCUT2D eigenvalue weighted by atomic mass is 10.0. The summed E-state index contributed by atoms with van der Waals surface area (Å²) in [4.78, 5) is 35.4. The smallest absolute Gasteiger partial charge is 0.462 e. The van der Waals surface area contributed by atoms with E-state index >= 15 is 0 Å². The first-order chi connectivity index (χ1) is 29.5. The van der Waals surface area contributed by atoms with Gasteiger partial charge in [0.2, 0.25) is 0 Å². The van der Waals surface area contributed by atoms with Crippen molar-refractivity contribution in [3.05, 3.63) is 24.3 Å². The highest BCUT2D eigenvalue weighted by molar-refractivity contribution is 7.47. The second-order valence-electron chi connectivity index (χ2n) is 18.6. The summed E-state index contributed by atoms with van der Waals surface area (Å²) in [5.41, 5.74) is 0. The van der Waals surface area contributed by atoms with Crippen LogP contribution < -0.4 is 0 Å². The van der Waals surface area contributed by atoms with E-state index in [1.54, 1.807) is 0 Å². The third kappa shape index (κ3) is 47.8. The van der Waals surface area contributed by atoms with Crippen molar-refractivity contribution >= 4 is 19.8 Å². The number of hydrogen-bond acceptors (Lipinski definition) is 7. The van der Waals surface area contributed by atoms with E-state index in [0.717, 1.165) is 38.5 Å².